The predicted octanol–water partition coefficient (Wildman–Crippen LogP) is 4.29. The lowest BCUT2D eigenvalue weighted by molar-refractivity contribution is -0.124. The summed E-state index contributed by atoms with van der Waals surface area (Å²) in [5.41, 5.74) is 8.29. The molecule has 0 fully saturated rings. The summed E-state index contributed by atoms with van der Waals surface area (Å²) in [4.78, 5) is 17.0. The minimum atomic E-state index is -0.550. The summed E-state index contributed by atoms with van der Waals surface area (Å²) in [6.07, 6.45) is 11.8. The Bertz CT molecular complexity index is 1390. The van der Waals surface area contributed by atoms with Gasteiger partial charge in [0.2, 0.25) is 0 Å². The molecule has 0 saturated heterocycles. The molecule has 2 aromatic heterocycles. The van der Waals surface area contributed by atoms with E-state index in [-0.39, 0.29) is 11.9 Å². The first-order chi connectivity index (χ1) is 17.0. The second-order valence-corrected chi connectivity index (χ2v) is 9.07. The van der Waals surface area contributed by atoms with Gasteiger partial charge in [-0.3, -0.25) is 19.6 Å². The van der Waals surface area contributed by atoms with Crippen molar-refractivity contribution in [3.63, 3.8) is 0 Å². The van der Waals surface area contributed by atoms with Crippen LogP contribution in [0.1, 0.15) is 40.3 Å². The van der Waals surface area contributed by atoms with Gasteiger partial charge in [0.1, 0.15) is 5.82 Å². The van der Waals surface area contributed by atoms with Gasteiger partial charge in [-0.2, -0.15) is 5.10 Å². The SMILES string of the molecule is Cn1cc(CN(CCc2c[nH]c3cc(F)ccc23)C2CCc3cc(/C=C/C(=O)NO)ccc32)cn1. The average molecular weight is 474 g/mol. The van der Waals surface area contributed by atoms with Crippen molar-refractivity contribution in [2.75, 3.05) is 6.54 Å². The second-order valence-electron chi connectivity index (χ2n) is 9.07. The molecule has 35 heavy (non-hydrogen) atoms. The fourth-order valence-corrected chi connectivity index (χ4v) is 5.07. The quantitative estimate of drug-likeness (QED) is 0.202. The molecular weight excluding hydrogens is 445 g/mol. The molecule has 3 N–H and O–H groups in total. The Morgan fingerprint density at radius 3 is 3.03 bits per heavy atom. The number of halogens is 1. The van der Waals surface area contributed by atoms with Gasteiger partial charge >= 0.3 is 0 Å². The van der Waals surface area contributed by atoms with Crippen molar-refractivity contribution in [2.24, 2.45) is 7.05 Å². The Kier molecular flexibility index (Phi) is 6.48. The molecular formula is C27H28FN5O2. The lowest BCUT2D eigenvalue weighted by atomic mass is 10.0. The zero-order chi connectivity index (χ0) is 24.4. The maximum absolute atomic E-state index is 13.6. The van der Waals surface area contributed by atoms with E-state index in [1.54, 1.807) is 11.6 Å². The Labute approximate surface area is 202 Å². The zero-order valence-corrected chi connectivity index (χ0v) is 19.5. The number of benzene rings is 2. The van der Waals surface area contributed by atoms with Crippen LogP contribution in [0.2, 0.25) is 0 Å². The third-order valence-electron chi connectivity index (χ3n) is 6.73. The number of H-pyrrole nitrogens is 1. The lowest BCUT2D eigenvalue weighted by Crippen LogP contribution is -2.29. The molecule has 7 nitrogen and oxygen atoms in total. The number of rotatable bonds is 8. The van der Waals surface area contributed by atoms with Crippen LogP contribution < -0.4 is 5.48 Å². The highest BCUT2D eigenvalue weighted by atomic mass is 19.1. The van der Waals surface area contributed by atoms with Crippen LogP contribution in [0.15, 0.2) is 61.1 Å². The van der Waals surface area contributed by atoms with Crippen molar-refractivity contribution in [3.8, 4) is 0 Å². The summed E-state index contributed by atoms with van der Waals surface area (Å²) in [5.74, 6) is -0.788. The maximum atomic E-state index is 13.6. The van der Waals surface area contributed by atoms with E-state index < -0.39 is 5.91 Å². The van der Waals surface area contributed by atoms with E-state index in [1.165, 1.54) is 34.9 Å². The number of fused-ring (bicyclic) bond motifs is 2. The van der Waals surface area contributed by atoms with Gasteiger partial charge in [0.25, 0.3) is 5.91 Å². The van der Waals surface area contributed by atoms with Crippen molar-refractivity contribution in [1.82, 2.24) is 25.1 Å². The molecule has 4 aromatic rings. The van der Waals surface area contributed by atoms with Gasteiger partial charge in [0.05, 0.1) is 6.20 Å². The molecule has 1 aliphatic carbocycles. The first kappa shape index (κ1) is 23.0. The molecule has 1 unspecified atom stereocenters. The summed E-state index contributed by atoms with van der Waals surface area (Å²) in [7, 11) is 1.93. The third-order valence-corrected chi connectivity index (χ3v) is 6.73. The molecule has 2 aromatic carbocycles. The highest BCUT2D eigenvalue weighted by Crippen LogP contribution is 2.37. The number of nitrogens with zero attached hydrogens (tertiary/aromatic N) is 3. The molecule has 1 amide bonds. The molecule has 0 bridgehead atoms. The monoisotopic (exact) mass is 473 g/mol. The van der Waals surface area contributed by atoms with E-state index in [1.807, 2.05) is 36.3 Å². The van der Waals surface area contributed by atoms with E-state index >= 15 is 0 Å². The molecule has 1 atom stereocenters. The molecule has 0 saturated carbocycles. The van der Waals surface area contributed by atoms with Crippen LogP contribution in [0, 0.1) is 5.82 Å². The molecule has 0 spiro atoms. The Balaban J connectivity index is 1.38. The molecule has 180 valence electrons. The van der Waals surface area contributed by atoms with Gasteiger partial charge in [-0.15, -0.1) is 0 Å². The highest BCUT2D eigenvalue weighted by Gasteiger charge is 2.28. The standard InChI is InChI=1S/C27H28FN5O2/c1-32-16-19(14-30-32)17-33(11-10-21-15-29-25-13-22(28)5-7-23(21)25)26-8-4-20-12-18(2-6-24(20)26)3-9-27(34)31-35/h2-3,5-7,9,12-16,26,29,35H,4,8,10-11,17H2,1H3,(H,31,34)/b9-3+. The fraction of sp³-hybridized carbons (Fsp3) is 0.259. The first-order valence-electron chi connectivity index (χ1n) is 11.7. The summed E-state index contributed by atoms with van der Waals surface area (Å²) >= 11 is 0. The van der Waals surface area contributed by atoms with E-state index in [0.29, 0.717) is 0 Å². The minimum absolute atomic E-state index is 0.238. The number of hydroxylamine groups is 1. The van der Waals surface area contributed by atoms with Gasteiger partial charge in [0.15, 0.2) is 0 Å². The van der Waals surface area contributed by atoms with E-state index in [9.17, 15) is 9.18 Å². The van der Waals surface area contributed by atoms with Crippen molar-refractivity contribution >= 4 is 22.9 Å². The maximum Gasteiger partial charge on any atom is 0.267 e. The minimum Gasteiger partial charge on any atom is -0.361 e. The molecule has 8 heteroatoms. The summed E-state index contributed by atoms with van der Waals surface area (Å²) in [5, 5.41) is 14.1. The van der Waals surface area contributed by atoms with E-state index in [0.717, 1.165) is 54.4 Å². The summed E-state index contributed by atoms with van der Waals surface area (Å²) < 4.78 is 15.4. The van der Waals surface area contributed by atoms with Crippen molar-refractivity contribution in [3.05, 3.63) is 94.7 Å². The third kappa shape index (κ3) is 5.03. The van der Waals surface area contributed by atoms with Gasteiger partial charge in [0, 0.05) is 61.1 Å². The lowest BCUT2D eigenvalue weighted by Gasteiger charge is -2.29. The van der Waals surface area contributed by atoms with Gasteiger partial charge in [-0.25, -0.2) is 9.87 Å². The van der Waals surface area contributed by atoms with E-state index in [2.05, 4.69) is 33.3 Å². The van der Waals surface area contributed by atoms with E-state index in [4.69, 9.17) is 5.21 Å². The van der Waals surface area contributed by atoms with Crippen molar-refractivity contribution in [2.45, 2.75) is 31.8 Å². The van der Waals surface area contributed by atoms with Gasteiger partial charge < -0.3 is 4.98 Å². The largest absolute Gasteiger partial charge is 0.361 e. The Hall–Kier alpha value is -3.75. The van der Waals surface area contributed by atoms with Gasteiger partial charge in [-0.05, 0) is 65.8 Å². The number of hydrogen-bond acceptors (Lipinski definition) is 4. The van der Waals surface area contributed by atoms with Crippen LogP contribution in [0.25, 0.3) is 17.0 Å². The first-order valence-corrected chi connectivity index (χ1v) is 11.7. The zero-order valence-electron chi connectivity index (χ0n) is 19.5. The molecule has 0 aliphatic heterocycles. The molecule has 5 rings (SSSR count). The number of aromatic nitrogens is 3. The number of carbonyl (C=O) groups is 1. The van der Waals surface area contributed by atoms with Crippen LogP contribution in [-0.4, -0.2) is 37.3 Å². The van der Waals surface area contributed by atoms with Gasteiger partial charge in [-0.1, -0.05) is 18.2 Å². The van der Waals surface area contributed by atoms with Crippen LogP contribution in [0.5, 0.6) is 0 Å². The number of carbonyl (C=O) groups excluding carboxylic acids is 1. The molecule has 0 radical (unpaired) electrons. The highest BCUT2D eigenvalue weighted by molar-refractivity contribution is 5.90. The number of hydrogen-bond donors (Lipinski definition) is 3. The smallest absolute Gasteiger partial charge is 0.267 e. The molecule has 2 heterocycles. The second kappa shape index (κ2) is 9.85. The summed E-state index contributed by atoms with van der Waals surface area (Å²) in [6.45, 7) is 1.63. The van der Waals surface area contributed by atoms with Crippen LogP contribution >= 0.6 is 0 Å². The van der Waals surface area contributed by atoms with Crippen LogP contribution in [0.3, 0.4) is 0 Å². The van der Waals surface area contributed by atoms with Crippen molar-refractivity contribution in [1.29, 1.82) is 0 Å². The normalized spacial score (nSPS) is 15.4. The van der Waals surface area contributed by atoms with Crippen LogP contribution in [-0.2, 0) is 31.2 Å². The Morgan fingerprint density at radius 2 is 2.23 bits per heavy atom. The predicted molar refractivity (Wildman–Crippen MR) is 132 cm³/mol. The van der Waals surface area contributed by atoms with Crippen LogP contribution in [0.4, 0.5) is 4.39 Å². The Morgan fingerprint density at radius 1 is 1.34 bits per heavy atom. The number of aromatic amines is 1. The number of aryl methyl sites for hydroxylation is 2. The average Bonchev–Trinajstić information content (AvgIpc) is 3.58. The summed E-state index contributed by atoms with van der Waals surface area (Å²) in [6, 6.07) is 11.4. The topological polar surface area (TPSA) is 86.2 Å². The number of amides is 1. The molecule has 1 aliphatic rings. The van der Waals surface area contributed by atoms with Crippen molar-refractivity contribution < 1.29 is 14.4 Å². The fourth-order valence-electron chi connectivity index (χ4n) is 5.07. The number of nitrogens with one attached hydrogen (secondary N) is 2.